The molecule has 0 heterocycles. The normalized spacial score (nSPS) is 16.2. The summed E-state index contributed by atoms with van der Waals surface area (Å²) in [5, 5.41) is 0.523. The highest BCUT2D eigenvalue weighted by atomic mass is 35.5. The number of ether oxygens (including phenoxy) is 2. The van der Waals surface area contributed by atoms with E-state index in [1.165, 1.54) is 25.7 Å². The van der Waals surface area contributed by atoms with Crippen LogP contribution in [0.5, 0.6) is 0 Å². The lowest BCUT2D eigenvalue weighted by atomic mass is 10.0. The molecule has 0 amide bonds. The van der Waals surface area contributed by atoms with E-state index in [2.05, 4.69) is 0 Å². The van der Waals surface area contributed by atoms with Crippen LogP contribution in [0.2, 0.25) is 5.02 Å². The van der Waals surface area contributed by atoms with Crippen LogP contribution in [0.1, 0.15) is 38.5 Å². The summed E-state index contributed by atoms with van der Waals surface area (Å²) in [6, 6.07) is 6.34. The number of hydrogen-bond acceptors (Lipinski definition) is 4. The Hall–Kier alpha value is -0.660. The van der Waals surface area contributed by atoms with Gasteiger partial charge in [0.25, 0.3) is 0 Å². The van der Waals surface area contributed by atoms with Gasteiger partial charge in [0.05, 0.1) is 4.90 Å². The predicted molar refractivity (Wildman–Crippen MR) is 99.2 cm³/mol. The van der Waals surface area contributed by atoms with E-state index in [9.17, 15) is 8.42 Å². The first-order valence-corrected chi connectivity index (χ1v) is 10.6. The first kappa shape index (κ1) is 20.6. The Morgan fingerprint density at radius 1 is 1.12 bits per heavy atom. The van der Waals surface area contributed by atoms with E-state index in [-0.39, 0.29) is 4.90 Å². The molecule has 1 aliphatic carbocycles. The molecule has 1 aromatic rings. The molecule has 0 atom stereocenters. The van der Waals surface area contributed by atoms with Gasteiger partial charge in [-0.05, 0) is 36.6 Å². The molecular formula is C18H28ClNO4S. The van der Waals surface area contributed by atoms with E-state index in [1.807, 2.05) is 0 Å². The highest BCUT2D eigenvalue weighted by molar-refractivity contribution is 7.89. The third-order valence-electron chi connectivity index (χ3n) is 4.85. The van der Waals surface area contributed by atoms with Crippen molar-refractivity contribution in [2.45, 2.75) is 49.7 Å². The lowest BCUT2D eigenvalue weighted by Crippen LogP contribution is -2.35. The molecule has 5 nitrogen and oxygen atoms in total. The molecule has 1 aromatic carbocycles. The molecular weight excluding hydrogens is 362 g/mol. The van der Waals surface area contributed by atoms with Gasteiger partial charge in [-0.1, -0.05) is 37.3 Å². The van der Waals surface area contributed by atoms with Gasteiger partial charge in [0.2, 0.25) is 10.0 Å². The summed E-state index contributed by atoms with van der Waals surface area (Å²) in [6.07, 6.45) is 5.89. The topological polar surface area (TPSA) is 55.8 Å². The van der Waals surface area contributed by atoms with Crippen molar-refractivity contribution in [3.8, 4) is 0 Å². The third-order valence-corrected chi connectivity index (χ3v) is 7.02. The first-order valence-electron chi connectivity index (χ1n) is 8.78. The highest BCUT2D eigenvalue weighted by Crippen LogP contribution is 2.29. The van der Waals surface area contributed by atoms with Crippen LogP contribution in [0.25, 0.3) is 0 Å². The SMILES string of the molecule is COC(CCN(CCC1CCCC1)S(=O)(=O)c1ccc(Cl)cc1)OC. The van der Waals surface area contributed by atoms with E-state index in [0.29, 0.717) is 30.5 Å². The fourth-order valence-corrected chi connectivity index (χ4v) is 4.91. The summed E-state index contributed by atoms with van der Waals surface area (Å²) in [5.41, 5.74) is 0. The van der Waals surface area contributed by atoms with Crippen LogP contribution >= 0.6 is 11.6 Å². The zero-order chi connectivity index (χ0) is 18.3. The van der Waals surface area contributed by atoms with Crippen LogP contribution < -0.4 is 0 Å². The van der Waals surface area contributed by atoms with Gasteiger partial charge in [0.15, 0.2) is 6.29 Å². The lowest BCUT2D eigenvalue weighted by molar-refractivity contribution is -0.107. The van der Waals surface area contributed by atoms with E-state index in [0.717, 1.165) is 6.42 Å². The summed E-state index contributed by atoms with van der Waals surface area (Å²) in [6.45, 7) is 0.889. The number of rotatable bonds is 10. The van der Waals surface area contributed by atoms with Crippen molar-refractivity contribution in [1.29, 1.82) is 0 Å². The van der Waals surface area contributed by atoms with Gasteiger partial charge < -0.3 is 9.47 Å². The Morgan fingerprint density at radius 2 is 1.72 bits per heavy atom. The fraction of sp³-hybridized carbons (Fsp3) is 0.667. The second-order valence-electron chi connectivity index (χ2n) is 6.49. The van der Waals surface area contributed by atoms with Crippen LogP contribution in [0.3, 0.4) is 0 Å². The number of nitrogens with zero attached hydrogens (tertiary/aromatic N) is 1. The van der Waals surface area contributed by atoms with Crippen molar-refractivity contribution in [2.75, 3.05) is 27.3 Å². The van der Waals surface area contributed by atoms with Crippen molar-refractivity contribution in [3.05, 3.63) is 29.3 Å². The Labute approximate surface area is 156 Å². The molecule has 7 heteroatoms. The van der Waals surface area contributed by atoms with Gasteiger partial charge in [-0.25, -0.2) is 8.42 Å². The number of sulfonamides is 1. The summed E-state index contributed by atoms with van der Waals surface area (Å²) < 4.78 is 38.0. The largest absolute Gasteiger partial charge is 0.356 e. The quantitative estimate of drug-likeness (QED) is 0.569. The lowest BCUT2D eigenvalue weighted by Gasteiger charge is -2.25. The maximum absolute atomic E-state index is 13.0. The van der Waals surface area contributed by atoms with Gasteiger partial charge >= 0.3 is 0 Å². The molecule has 0 saturated heterocycles. The average Bonchev–Trinajstić information content (AvgIpc) is 3.12. The van der Waals surface area contributed by atoms with Crippen molar-refractivity contribution < 1.29 is 17.9 Å². The number of hydrogen-bond donors (Lipinski definition) is 0. The maximum Gasteiger partial charge on any atom is 0.243 e. The Morgan fingerprint density at radius 3 is 2.28 bits per heavy atom. The fourth-order valence-electron chi connectivity index (χ4n) is 3.31. The summed E-state index contributed by atoms with van der Waals surface area (Å²) in [7, 11) is -0.438. The molecule has 1 fully saturated rings. The van der Waals surface area contributed by atoms with E-state index in [1.54, 1.807) is 42.8 Å². The Kier molecular flexibility index (Phi) is 8.16. The van der Waals surface area contributed by atoms with Gasteiger partial charge in [0, 0.05) is 38.8 Å². The van der Waals surface area contributed by atoms with Gasteiger partial charge in [-0.3, -0.25) is 0 Å². The smallest absolute Gasteiger partial charge is 0.243 e. The molecule has 0 aromatic heterocycles. The molecule has 142 valence electrons. The van der Waals surface area contributed by atoms with E-state index in [4.69, 9.17) is 21.1 Å². The van der Waals surface area contributed by atoms with Crippen molar-refractivity contribution in [3.63, 3.8) is 0 Å². The summed E-state index contributed by atoms with van der Waals surface area (Å²) in [5.74, 6) is 0.628. The molecule has 0 radical (unpaired) electrons. The molecule has 0 aliphatic heterocycles. The number of benzene rings is 1. The van der Waals surface area contributed by atoms with Crippen LogP contribution in [-0.4, -0.2) is 46.3 Å². The molecule has 1 aliphatic rings. The highest BCUT2D eigenvalue weighted by Gasteiger charge is 2.26. The monoisotopic (exact) mass is 389 g/mol. The summed E-state index contributed by atoms with van der Waals surface area (Å²) >= 11 is 5.89. The molecule has 25 heavy (non-hydrogen) atoms. The minimum absolute atomic E-state index is 0.273. The molecule has 1 saturated carbocycles. The predicted octanol–water partition coefficient (Wildman–Crippen LogP) is 3.92. The standard InChI is InChI=1S/C18H28ClNO4S/c1-23-18(24-2)12-14-20(13-11-15-5-3-4-6-15)25(21,22)17-9-7-16(19)8-10-17/h7-10,15,18H,3-6,11-14H2,1-2H3. The maximum atomic E-state index is 13.0. The number of halogens is 1. The van der Waals surface area contributed by atoms with E-state index >= 15 is 0 Å². The van der Waals surface area contributed by atoms with Gasteiger partial charge in [-0.2, -0.15) is 4.31 Å². The Balaban J connectivity index is 2.11. The summed E-state index contributed by atoms with van der Waals surface area (Å²) in [4.78, 5) is 0.273. The second-order valence-corrected chi connectivity index (χ2v) is 8.86. The zero-order valence-corrected chi connectivity index (χ0v) is 16.6. The van der Waals surface area contributed by atoms with Crippen LogP contribution in [-0.2, 0) is 19.5 Å². The van der Waals surface area contributed by atoms with Crippen molar-refractivity contribution in [2.24, 2.45) is 5.92 Å². The van der Waals surface area contributed by atoms with Crippen molar-refractivity contribution in [1.82, 2.24) is 4.31 Å². The van der Waals surface area contributed by atoms with Gasteiger partial charge in [-0.15, -0.1) is 0 Å². The zero-order valence-electron chi connectivity index (χ0n) is 15.0. The van der Waals surface area contributed by atoms with Crippen LogP contribution in [0, 0.1) is 5.92 Å². The van der Waals surface area contributed by atoms with Crippen LogP contribution in [0.4, 0.5) is 0 Å². The minimum Gasteiger partial charge on any atom is -0.356 e. The second kappa shape index (κ2) is 9.88. The first-order chi connectivity index (χ1) is 12.0. The van der Waals surface area contributed by atoms with Crippen molar-refractivity contribution >= 4 is 21.6 Å². The van der Waals surface area contributed by atoms with Gasteiger partial charge in [0.1, 0.15) is 0 Å². The number of methoxy groups -OCH3 is 2. The molecule has 2 rings (SSSR count). The third kappa shape index (κ3) is 5.93. The van der Waals surface area contributed by atoms with E-state index < -0.39 is 16.3 Å². The molecule has 0 bridgehead atoms. The molecule has 0 N–H and O–H groups in total. The average molecular weight is 390 g/mol. The minimum atomic E-state index is -3.56. The molecule has 0 unspecified atom stereocenters. The Bertz CT molecular complexity index is 604. The molecule has 0 spiro atoms. The van der Waals surface area contributed by atoms with Crippen LogP contribution in [0.15, 0.2) is 29.2 Å².